The Bertz CT molecular complexity index is 151. The molecular weight excluding hydrogens is 172 g/mol. The third kappa shape index (κ3) is 3.22. The molecule has 1 saturated heterocycles. The lowest BCUT2D eigenvalue weighted by molar-refractivity contribution is -0.0670. The normalized spacial score (nSPS) is 25.2. The summed E-state index contributed by atoms with van der Waals surface area (Å²) in [5.41, 5.74) is 0. The second kappa shape index (κ2) is 4.36. The quantitative estimate of drug-likeness (QED) is 0.723. The van der Waals surface area contributed by atoms with E-state index >= 15 is 0 Å². The minimum absolute atomic E-state index is 0.0532. The number of nitrogens with one attached hydrogen (secondary N) is 1. The highest BCUT2D eigenvalue weighted by atomic mass is 19.3. The summed E-state index contributed by atoms with van der Waals surface area (Å²) < 4.78 is 26.6. The molecule has 1 atom stereocenters. The van der Waals surface area contributed by atoms with Crippen LogP contribution >= 0.6 is 0 Å². The smallest absolute Gasteiger partial charge is 0.250 e. The van der Waals surface area contributed by atoms with Gasteiger partial charge in [-0.3, -0.25) is 0 Å². The van der Waals surface area contributed by atoms with Crippen molar-refractivity contribution in [3.05, 3.63) is 0 Å². The second-order valence-electron chi connectivity index (χ2n) is 4.33. The molecular formula is C10H19F2N. The van der Waals surface area contributed by atoms with Gasteiger partial charge in [-0.25, -0.2) is 8.78 Å². The fraction of sp³-hybridized carbons (Fsp3) is 1.00. The number of alkyl halides is 2. The van der Waals surface area contributed by atoms with Gasteiger partial charge < -0.3 is 5.32 Å². The van der Waals surface area contributed by atoms with Crippen LogP contribution in [0.25, 0.3) is 0 Å². The number of halogens is 2. The van der Waals surface area contributed by atoms with Gasteiger partial charge in [0.1, 0.15) is 0 Å². The lowest BCUT2D eigenvalue weighted by Gasteiger charge is -2.28. The molecule has 1 fully saturated rings. The summed E-state index contributed by atoms with van der Waals surface area (Å²) in [5.74, 6) is -2.84. The molecule has 0 aliphatic carbocycles. The molecule has 0 radical (unpaired) electrons. The van der Waals surface area contributed by atoms with Crippen LogP contribution in [-0.4, -0.2) is 19.0 Å². The van der Waals surface area contributed by atoms with E-state index in [-0.39, 0.29) is 12.3 Å². The van der Waals surface area contributed by atoms with Gasteiger partial charge in [0, 0.05) is 12.3 Å². The Morgan fingerprint density at radius 3 is 2.62 bits per heavy atom. The Balaban J connectivity index is 2.37. The first-order valence-corrected chi connectivity index (χ1v) is 5.11. The van der Waals surface area contributed by atoms with Crippen LogP contribution in [0.15, 0.2) is 0 Å². The number of hydrogen-bond acceptors (Lipinski definition) is 1. The van der Waals surface area contributed by atoms with Crippen molar-refractivity contribution in [2.24, 2.45) is 11.8 Å². The van der Waals surface area contributed by atoms with Crippen molar-refractivity contribution < 1.29 is 8.78 Å². The maximum atomic E-state index is 13.3. The van der Waals surface area contributed by atoms with Crippen LogP contribution in [0.2, 0.25) is 0 Å². The third-order valence-corrected chi connectivity index (χ3v) is 2.80. The van der Waals surface area contributed by atoms with Crippen molar-refractivity contribution in [2.75, 3.05) is 13.1 Å². The van der Waals surface area contributed by atoms with Gasteiger partial charge in [0.2, 0.25) is 0 Å². The molecule has 1 heterocycles. The van der Waals surface area contributed by atoms with Crippen molar-refractivity contribution >= 4 is 0 Å². The zero-order valence-corrected chi connectivity index (χ0v) is 8.45. The SMILES string of the molecule is CC(C)C(F)(F)CC1CCCNC1. The number of rotatable bonds is 3. The molecule has 0 aromatic heterocycles. The van der Waals surface area contributed by atoms with Crippen LogP contribution in [0, 0.1) is 11.8 Å². The summed E-state index contributed by atoms with van der Waals surface area (Å²) in [6.07, 6.45) is 2.05. The van der Waals surface area contributed by atoms with Crippen LogP contribution in [0.4, 0.5) is 8.78 Å². The van der Waals surface area contributed by atoms with Crippen molar-refractivity contribution in [2.45, 2.75) is 39.0 Å². The van der Waals surface area contributed by atoms with Crippen LogP contribution in [0.5, 0.6) is 0 Å². The molecule has 3 heteroatoms. The van der Waals surface area contributed by atoms with E-state index in [1.54, 1.807) is 13.8 Å². The van der Waals surface area contributed by atoms with Crippen LogP contribution in [-0.2, 0) is 0 Å². The highest BCUT2D eigenvalue weighted by Gasteiger charge is 2.36. The van der Waals surface area contributed by atoms with Crippen molar-refractivity contribution in [1.82, 2.24) is 5.32 Å². The summed E-state index contributed by atoms with van der Waals surface area (Å²) in [7, 11) is 0. The van der Waals surface area contributed by atoms with Crippen LogP contribution < -0.4 is 5.32 Å². The van der Waals surface area contributed by atoms with E-state index in [0.717, 1.165) is 25.9 Å². The van der Waals surface area contributed by atoms with Gasteiger partial charge in [-0.05, 0) is 31.8 Å². The molecule has 1 aliphatic rings. The maximum Gasteiger partial charge on any atom is 0.250 e. The van der Waals surface area contributed by atoms with E-state index in [1.807, 2.05) is 0 Å². The lowest BCUT2D eigenvalue weighted by atomic mass is 9.89. The van der Waals surface area contributed by atoms with E-state index in [9.17, 15) is 8.78 Å². The second-order valence-corrected chi connectivity index (χ2v) is 4.33. The van der Waals surface area contributed by atoms with Crippen molar-refractivity contribution in [3.63, 3.8) is 0 Å². The van der Waals surface area contributed by atoms with Crippen molar-refractivity contribution in [3.8, 4) is 0 Å². The molecule has 0 aromatic rings. The molecule has 0 bridgehead atoms. The summed E-state index contributed by atoms with van der Waals surface area (Å²) in [5, 5.41) is 3.16. The largest absolute Gasteiger partial charge is 0.316 e. The zero-order chi connectivity index (χ0) is 9.90. The first-order valence-electron chi connectivity index (χ1n) is 5.11. The Morgan fingerprint density at radius 1 is 1.46 bits per heavy atom. The van der Waals surface area contributed by atoms with Gasteiger partial charge in [-0.1, -0.05) is 13.8 Å². The van der Waals surface area contributed by atoms with E-state index in [2.05, 4.69) is 5.32 Å². The number of piperidine rings is 1. The molecule has 0 amide bonds. The molecule has 78 valence electrons. The van der Waals surface area contributed by atoms with Crippen LogP contribution in [0.1, 0.15) is 33.1 Å². The highest BCUT2D eigenvalue weighted by Crippen LogP contribution is 2.33. The van der Waals surface area contributed by atoms with E-state index in [0.29, 0.717) is 0 Å². The first kappa shape index (κ1) is 10.9. The Morgan fingerprint density at radius 2 is 2.15 bits per heavy atom. The van der Waals surface area contributed by atoms with Gasteiger partial charge in [0.05, 0.1) is 0 Å². The Kier molecular flexibility index (Phi) is 3.65. The fourth-order valence-electron chi connectivity index (χ4n) is 1.72. The van der Waals surface area contributed by atoms with E-state index < -0.39 is 11.8 Å². The summed E-state index contributed by atoms with van der Waals surface area (Å²) in [4.78, 5) is 0. The fourth-order valence-corrected chi connectivity index (χ4v) is 1.72. The van der Waals surface area contributed by atoms with Gasteiger partial charge in [-0.15, -0.1) is 0 Å². The molecule has 1 aliphatic heterocycles. The molecule has 1 nitrogen and oxygen atoms in total. The molecule has 0 saturated carbocycles. The van der Waals surface area contributed by atoms with Gasteiger partial charge in [-0.2, -0.15) is 0 Å². The average Bonchev–Trinajstić information content (AvgIpc) is 2.05. The lowest BCUT2D eigenvalue weighted by Crippen LogP contribution is -2.35. The topological polar surface area (TPSA) is 12.0 Å². The van der Waals surface area contributed by atoms with Crippen LogP contribution in [0.3, 0.4) is 0 Å². The first-order chi connectivity index (χ1) is 6.02. The molecule has 0 spiro atoms. The summed E-state index contributed by atoms with van der Waals surface area (Å²) >= 11 is 0. The maximum absolute atomic E-state index is 13.3. The molecule has 1 unspecified atom stereocenters. The molecule has 0 aromatic carbocycles. The third-order valence-electron chi connectivity index (χ3n) is 2.80. The van der Waals surface area contributed by atoms with Gasteiger partial charge in [0.15, 0.2) is 0 Å². The van der Waals surface area contributed by atoms with E-state index in [1.165, 1.54) is 0 Å². The molecule has 1 N–H and O–H groups in total. The van der Waals surface area contributed by atoms with E-state index in [4.69, 9.17) is 0 Å². The number of hydrogen-bond donors (Lipinski definition) is 1. The average molecular weight is 191 g/mol. The van der Waals surface area contributed by atoms with Gasteiger partial charge >= 0.3 is 0 Å². The van der Waals surface area contributed by atoms with Crippen molar-refractivity contribution in [1.29, 1.82) is 0 Å². The zero-order valence-electron chi connectivity index (χ0n) is 8.45. The minimum atomic E-state index is -2.48. The monoisotopic (exact) mass is 191 g/mol. The molecule has 1 rings (SSSR count). The predicted molar refractivity (Wildman–Crippen MR) is 50.0 cm³/mol. The highest BCUT2D eigenvalue weighted by molar-refractivity contribution is 4.78. The summed E-state index contributed by atoms with van der Waals surface area (Å²) in [6, 6.07) is 0. The Labute approximate surface area is 78.9 Å². The minimum Gasteiger partial charge on any atom is -0.316 e. The van der Waals surface area contributed by atoms with Gasteiger partial charge in [0.25, 0.3) is 5.92 Å². The Hall–Kier alpha value is -0.180. The molecule has 13 heavy (non-hydrogen) atoms. The predicted octanol–water partition coefficient (Wildman–Crippen LogP) is 2.67. The summed E-state index contributed by atoms with van der Waals surface area (Å²) in [6.45, 7) is 4.94. The standard InChI is InChI=1S/C10H19F2N/c1-8(2)10(11,12)6-9-4-3-5-13-7-9/h8-9,13H,3-7H2,1-2H3.